The van der Waals surface area contributed by atoms with Gasteiger partial charge in [-0.3, -0.25) is 15.1 Å². The van der Waals surface area contributed by atoms with Crippen molar-refractivity contribution in [1.29, 1.82) is 0 Å². The Balaban J connectivity index is 1.31. The van der Waals surface area contributed by atoms with Crippen LogP contribution in [0.2, 0.25) is 0 Å². The minimum absolute atomic E-state index is 0.00747. The van der Waals surface area contributed by atoms with E-state index in [0.29, 0.717) is 18.4 Å². The molecule has 0 saturated carbocycles. The number of aromatic nitrogens is 3. The van der Waals surface area contributed by atoms with Crippen molar-refractivity contribution >= 4 is 40.6 Å². The Morgan fingerprint density at radius 1 is 1.39 bits per heavy atom. The molecule has 2 aromatic heterocycles. The van der Waals surface area contributed by atoms with E-state index >= 15 is 0 Å². The van der Waals surface area contributed by atoms with Gasteiger partial charge in [-0.25, -0.2) is 9.99 Å². The average Bonchev–Trinajstić information content (AvgIpc) is 3.47. The molecule has 0 aliphatic carbocycles. The van der Waals surface area contributed by atoms with Gasteiger partial charge in [0.15, 0.2) is 5.16 Å². The van der Waals surface area contributed by atoms with E-state index in [2.05, 4.69) is 44.7 Å². The molecule has 172 valence electrons. The van der Waals surface area contributed by atoms with Crippen molar-refractivity contribution in [3.8, 4) is 5.00 Å². The highest BCUT2D eigenvalue weighted by molar-refractivity contribution is 7.99. The second-order valence-corrected chi connectivity index (χ2v) is 11.1. The second kappa shape index (κ2) is 7.81. The van der Waals surface area contributed by atoms with E-state index in [1.165, 1.54) is 27.8 Å². The number of aryl methyl sites for hydroxylation is 1. The summed E-state index contributed by atoms with van der Waals surface area (Å²) in [5.41, 5.74) is 7.69. The Morgan fingerprint density at radius 2 is 2.27 bits per heavy atom. The Kier molecular flexibility index (Phi) is 5.00. The van der Waals surface area contributed by atoms with Crippen molar-refractivity contribution < 1.29 is 9.53 Å². The van der Waals surface area contributed by atoms with Gasteiger partial charge in [-0.05, 0) is 44.0 Å². The third-order valence-corrected chi connectivity index (χ3v) is 8.19. The third-order valence-electron chi connectivity index (χ3n) is 6.05. The molecule has 0 spiro atoms. The van der Waals surface area contributed by atoms with E-state index in [4.69, 9.17) is 4.74 Å². The quantitative estimate of drug-likeness (QED) is 0.487. The minimum Gasteiger partial charge on any atom is -0.370 e. The normalized spacial score (nSPS) is 20.1. The first-order valence-electron chi connectivity index (χ1n) is 10.9. The number of rotatable bonds is 4. The SMILES string of the molecule is Cc1cccc(NC(=O)CSc2nnc3n2-c2sc4c(c2C2NCNN32)CC(C)(C)OC4)c1. The number of nitrogens with one attached hydrogen (secondary N) is 3. The maximum absolute atomic E-state index is 12.6. The Labute approximate surface area is 199 Å². The molecule has 6 rings (SSSR count). The predicted molar refractivity (Wildman–Crippen MR) is 129 cm³/mol. The number of hydrogen-bond acceptors (Lipinski definition) is 9. The molecule has 1 saturated heterocycles. The molecular formula is C22H25N7O2S2. The van der Waals surface area contributed by atoms with Crippen molar-refractivity contribution in [2.24, 2.45) is 0 Å². The lowest BCUT2D eigenvalue weighted by Crippen LogP contribution is -2.40. The first kappa shape index (κ1) is 21.1. The van der Waals surface area contributed by atoms with Gasteiger partial charge in [0.25, 0.3) is 0 Å². The molecule has 3 aliphatic rings. The number of thiophene rings is 1. The first-order valence-corrected chi connectivity index (χ1v) is 12.7. The zero-order valence-electron chi connectivity index (χ0n) is 18.6. The van der Waals surface area contributed by atoms with Crippen LogP contribution >= 0.6 is 23.1 Å². The molecule has 1 aromatic carbocycles. The fourth-order valence-electron chi connectivity index (χ4n) is 4.58. The second-order valence-electron chi connectivity index (χ2n) is 9.08. The molecule has 5 heterocycles. The van der Waals surface area contributed by atoms with Gasteiger partial charge in [0.05, 0.1) is 24.6 Å². The summed E-state index contributed by atoms with van der Waals surface area (Å²) >= 11 is 3.13. The van der Waals surface area contributed by atoms with Gasteiger partial charge in [-0.15, -0.1) is 21.5 Å². The number of carbonyl (C=O) groups is 1. The molecule has 33 heavy (non-hydrogen) atoms. The van der Waals surface area contributed by atoms with Crippen LogP contribution in [0.3, 0.4) is 0 Å². The molecule has 9 nitrogen and oxygen atoms in total. The van der Waals surface area contributed by atoms with Gasteiger partial charge < -0.3 is 10.1 Å². The Morgan fingerprint density at radius 3 is 3.12 bits per heavy atom. The van der Waals surface area contributed by atoms with Crippen LogP contribution in [-0.2, 0) is 22.6 Å². The third kappa shape index (κ3) is 3.64. The zero-order valence-corrected chi connectivity index (χ0v) is 20.3. The topological polar surface area (TPSA) is 96.3 Å². The molecule has 0 radical (unpaired) electrons. The fraction of sp³-hybridized carbons (Fsp3) is 0.409. The summed E-state index contributed by atoms with van der Waals surface area (Å²) in [6, 6.07) is 7.80. The number of hydrazine groups is 1. The summed E-state index contributed by atoms with van der Waals surface area (Å²) in [4.78, 5) is 13.9. The van der Waals surface area contributed by atoms with E-state index in [1.54, 1.807) is 11.3 Å². The fourth-order valence-corrected chi connectivity index (χ4v) is 6.63. The van der Waals surface area contributed by atoms with Gasteiger partial charge in [-0.1, -0.05) is 23.9 Å². The Bertz CT molecular complexity index is 1250. The number of amides is 1. The first-order chi connectivity index (χ1) is 15.9. The number of thioether (sulfide) groups is 1. The molecule has 1 amide bonds. The smallest absolute Gasteiger partial charge is 0.249 e. The predicted octanol–water partition coefficient (Wildman–Crippen LogP) is 3.10. The maximum Gasteiger partial charge on any atom is 0.249 e. The summed E-state index contributed by atoms with van der Waals surface area (Å²) in [5.74, 6) is 0.911. The molecular weight excluding hydrogens is 458 g/mol. The van der Waals surface area contributed by atoms with E-state index in [-0.39, 0.29) is 23.4 Å². The lowest BCUT2D eigenvalue weighted by molar-refractivity contribution is -0.113. The van der Waals surface area contributed by atoms with E-state index in [0.717, 1.165) is 28.6 Å². The molecule has 3 N–H and O–H groups in total. The number of nitrogens with zero attached hydrogens (tertiary/aromatic N) is 4. The molecule has 1 fully saturated rings. The maximum atomic E-state index is 12.6. The van der Waals surface area contributed by atoms with E-state index in [1.807, 2.05) is 36.2 Å². The van der Waals surface area contributed by atoms with E-state index in [9.17, 15) is 4.79 Å². The monoisotopic (exact) mass is 483 g/mol. The lowest BCUT2D eigenvalue weighted by atomic mass is 9.92. The molecule has 3 aliphatic heterocycles. The van der Waals surface area contributed by atoms with Gasteiger partial charge >= 0.3 is 0 Å². The summed E-state index contributed by atoms with van der Waals surface area (Å²) in [7, 11) is 0. The van der Waals surface area contributed by atoms with Crippen LogP contribution in [0.1, 0.15) is 41.6 Å². The minimum atomic E-state index is -0.197. The number of hydrogen-bond donors (Lipinski definition) is 3. The zero-order chi connectivity index (χ0) is 22.7. The molecule has 0 bridgehead atoms. The van der Waals surface area contributed by atoms with Crippen molar-refractivity contribution in [1.82, 2.24) is 25.5 Å². The molecule has 1 unspecified atom stereocenters. The summed E-state index contributed by atoms with van der Waals surface area (Å²) in [6.07, 6.45) is 0.868. The van der Waals surface area contributed by atoms with Crippen molar-refractivity contribution in [2.45, 2.75) is 50.7 Å². The van der Waals surface area contributed by atoms with Gasteiger partial charge in [0.1, 0.15) is 11.2 Å². The van der Waals surface area contributed by atoms with E-state index < -0.39 is 0 Å². The standard InChI is InChI=1S/C22H25N7O2S2/c1-12-5-4-6-13(7-12)25-16(30)10-32-21-27-26-20-28(21)19-17(18-23-11-24-29(18)20)14-8-22(2,3)31-9-15(14)33-19/h4-7,18,23-24H,8-11H2,1-3H3,(H,25,30). The summed E-state index contributed by atoms with van der Waals surface area (Å²) in [5, 5.41) is 19.3. The molecule has 11 heteroatoms. The molecule has 3 aromatic rings. The number of ether oxygens (including phenoxy) is 1. The van der Waals surface area contributed by atoms with Gasteiger partial charge in [-0.2, -0.15) is 0 Å². The van der Waals surface area contributed by atoms with Crippen LogP contribution in [0.15, 0.2) is 29.4 Å². The van der Waals surface area contributed by atoms with Crippen molar-refractivity contribution in [3.05, 3.63) is 45.8 Å². The van der Waals surface area contributed by atoms with Gasteiger partial charge in [0, 0.05) is 22.5 Å². The van der Waals surface area contributed by atoms with Crippen LogP contribution in [0, 0.1) is 6.92 Å². The number of carbonyl (C=O) groups excluding carboxylic acids is 1. The molecule has 1 atom stereocenters. The van der Waals surface area contributed by atoms with Crippen molar-refractivity contribution in [2.75, 3.05) is 22.7 Å². The lowest BCUT2D eigenvalue weighted by Gasteiger charge is -2.34. The summed E-state index contributed by atoms with van der Waals surface area (Å²) in [6.45, 7) is 7.55. The van der Waals surface area contributed by atoms with Crippen LogP contribution < -0.4 is 21.1 Å². The highest BCUT2D eigenvalue weighted by Crippen LogP contribution is 2.48. The van der Waals surface area contributed by atoms with Crippen LogP contribution in [0.5, 0.6) is 0 Å². The van der Waals surface area contributed by atoms with Crippen molar-refractivity contribution in [3.63, 3.8) is 0 Å². The van der Waals surface area contributed by atoms with Crippen LogP contribution in [-0.4, -0.2) is 38.7 Å². The average molecular weight is 484 g/mol. The highest BCUT2D eigenvalue weighted by atomic mass is 32.2. The van der Waals surface area contributed by atoms with Crippen LogP contribution in [0.4, 0.5) is 11.6 Å². The largest absolute Gasteiger partial charge is 0.370 e. The van der Waals surface area contributed by atoms with Crippen LogP contribution in [0.25, 0.3) is 5.00 Å². The Hall–Kier alpha value is -2.44. The number of anilines is 2. The number of benzene rings is 1. The number of fused-ring (bicyclic) bond motifs is 8. The highest BCUT2D eigenvalue weighted by Gasteiger charge is 2.43. The summed E-state index contributed by atoms with van der Waals surface area (Å²) < 4.78 is 8.16. The van der Waals surface area contributed by atoms with Gasteiger partial charge in [0.2, 0.25) is 11.9 Å².